The van der Waals surface area contributed by atoms with E-state index >= 15 is 0 Å². The van der Waals surface area contributed by atoms with Crippen LogP contribution in [0.5, 0.6) is 0 Å². The fourth-order valence-corrected chi connectivity index (χ4v) is 0.805. The highest BCUT2D eigenvalue weighted by atomic mass is 16.1. The molecule has 0 heterocycles. The summed E-state index contributed by atoms with van der Waals surface area (Å²) in [6.07, 6.45) is 0.647. The van der Waals surface area contributed by atoms with E-state index in [1.807, 2.05) is 14.0 Å². The summed E-state index contributed by atoms with van der Waals surface area (Å²) in [7, 11) is 1.81. The van der Waals surface area contributed by atoms with Crippen LogP contribution in [0.3, 0.4) is 0 Å². The minimum absolute atomic E-state index is 0.108. The number of carbonyl (C=O) groups excluding carboxylic acids is 1. The van der Waals surface area contributed by atoms with Crippen molar-refractivity contribution in [2.45, 2.75) is 26.3 Å². The largest absolute Gasteiger partial charge is 0.392 e. The number of ketones is 1. The smallest absolute Gasteiger partial charge is 0.151 e. The fraction of sp³-hybridized carbons (Fsp3) is 0.500. The lowest BCUT2D eigenvalue weighted by Gasteiger charge is -2.15. The standard InChI is InChI=1S/C10H18N2O/c1-7(11-5)6-8(2)12-9(3)10(4)13/h9,11-12H,1-2,6H2,3-5H3. The monoisotopic (exact) mass is 182 g/mol. The van der Waals surface area contributed by atoms with Crippen LogP contribution in [-0.4, -0.2) is 18.9 Å². The molecule has 0 fully saturated rings. The first-order chi connectivity index (χ1) is 5.97. The molecule has 3 nitrogen and oxygen atoms in total. The molecule has 0 aromatic carbocycles. The predicted octanol–water partition coefficient (Wildman–Crippen LogP) is 1.19. The maximum atomic E-state index is 10.9. The summed E-state index contributed by atoms with van der Waals surface area (Å²) in [4.78, 5) is 10.9. The van der Waals surface area contributed by atoms with E-state index in [1.165, 1.54) is 0 Å². The second kappa shape index (κ2) is 5.41. The van der Waals surface area contributed by atoms with Gasteiger partial charge in [0.2, 0.25) is 0 Å². The Morgan fingerprint density at radius 1 is 1.38 bits per heavy atom. The summed E-state index contributed by atoms with van der Waals surface area (Å²) in [6, 6.07) is -0.169. The quantitative estimate of drug-likeness (QED) is 0.648. The number of hydrogen-bond acceptors (Lipinski definition) is 3. The summed E-state index contributed by atoms with van der Waals surface area (Å²) < 4.78 is 0. The van der Waals surface area contributed by atoms with E-state index in [-0.39, 0.29) is 11.8 Å². The Morgan fingerprint density at radius 2 is 1.92 bits per heavy atom. The van der Waals surface area contributed by atoms with Crippen molar-refractivity contribution in [1.82, 2.24) is 10.6 Å². The van der Waals surface area contributed by atoms with Crippen molar-refractivity contribution in [2.24, 2.45) is 0 Å². The van der Waals surface area contributed by atoms with Gasteiger partial charge in [0.25, 0.3) is 0 Å². The molecule has 2 N–H and O–H groups in total. The van der Waals surface area contributed by atoms with Crippen LogP contribution in [0.15, 0.2) is 24.6 Å². The summed E-state index contributed by atoms with van der Waals surface area (Å²) >= 11 is 0. The summed E-state index contributed by atoms with van der Waals surface area (Å²) in [5, 5.41) is 5.92. The average molecular weight is 182 g/mol. The van der Waals surface area contributed by atoms with Gasteiger partial charge >= 0.3 is 0 Å². The summed E-state index contributed by atoms with van der Waals surface area (Å²) in [6.45, 7) is 10.9. The molecule has 3 heteroatoms. The van der Waals surface area contributed by atoms with Gasteiger partial charge in [0.05, 0.1) is 6.04 Å². The maximum absolute atomic E-state index is 10.9. The second-order valence-electron chi connectivity index (χ2n) is 3.11. The Kier molecular flexibility index (Phi) is 4.89. The van der Waals surface area contributed by atoms with Crippen LogP contribution in [0, 0.1) is 0 Å². The number of hydrogen-bond donors (Lipinski definition) is 2. The van der Waals surface area contributed by atoms with Gasteiger partial charge in [-0.05, 0) is 13.8 Å². The summed E-state index contributed by atoms with van der Waals surface area (Å²) in [5.74, 6) is 0.108. The van der Waals surface area contributed by atoms with E-state index in [0.29, 0.717) is 6.42 Å². The van der Waals surface area contributed by atoms with E-state index in [4.69, 9.17) is 0 Å². The summed E-state index contributed by atoms with van der Waals surface area (Å²) in [5.41, 5.74) is 1.69. The molecule has 1 atom stereocenters. The lowest BCUT2D eigenvalue weighted by Crippen LogP contribution is -2.31. The molecular formula is C10H18N2O. The average Bonchev–Trinajstić information content (AvgIpc) is 2.03. The van der Waals surface area contributed by atoms with E-state index in [1.54, 1.807) is 6.92 Å². The van der Waals surface area contributed by atoms with Crippen molar-refractivity contribution < 1.29 is 4.79 Å². The van der Waals surface area contributed by atoms with Crippen LogP contribution in [0.4, 0.5) is 0 Å². The van der Waals surface area contributed by atoms with Gasteiger partial charge in [-0.1, -0.05) is 13.2 Å². The van der Waals surface area contributed by atoms with Gasteiger partial charge in [-0.2, -0.15) is 0 Å². The number of Topliss-reactive ketones (excluding diaryl/α,β-unsaturated/α-hetero) is 1. The molecule has 0 aliphatic carbocycles. The minimum Gasteiger partial charge on any atom is -0.392 e. The molecule has 0 radical (unpaired) electrons. The van der Waals surface area contributed by atoms with Crippen molar-refractivity contribution in [2.75, 3.05) is 7.05 Å². The Morgan fingerprint density at radius 3 is 2.31 bits per heavy atom. The first-order valence-electron chi connectivity index (χ1n) is 4.27. The Balaban J connectivity index is 3.88. The molecule has 0 bridgehead atoms. The molecule has 0 aliphatic rings. The molecule has 0 saturated carbocycles. The first-order valence-corrected chi connectivity index (χ1v) is 4.27. The molecule has 0 saturated heterocycles. The molecular weight excluding hydrogens is 164 g/mol. The zero-order chi connectivity index (χ0) is 10.4. The van der Waals surface area contributed by atoms with Gasteiger partial charge in [-0.15, -0.1) is 0 Å². The van der Waals surface area contributed by atoms with Crippen LogP contribution in [0.1, 0.15) is 20.3 Å². The lowest BCUT2D eigenvalue weighted by atomic mass is 10.2. The third kappa shape index (κ3) is 5.06. The topological polar surface area (TPSA) is 41.1 Å². The van der Waals surface area contributed by atoms with Crippen LogP contribution >= 0.6 is 0 Å². The van der Waals surface area contributed by atoms with Gasteiger partial charge in [0.1, 0.15) is 0 Å². The van der Waals surface area contributed by atoms with Crippen LogP contribution in [-0.2, 0) is 4.79 Å². The van der Waals surface area contributed by atoms with Gasteiger partial charge in [0.15, 0.2) is 5.78 Å². The van der Waals surface area contributed by atoms with E-state index in [0.717, 1.165) is 11.4 Å². The van der Waals surface area contributed by atoms with Crippen LogP contribution in [0.2, 0.25) is 0 Å². The van der Waals surface area contributed by atoms with Crippen molar-refractivity contribution in [3.05, 3.63) is 24.6 Å². The molecule has 1 unspecified atom stereocenters. The molecule has 0 rings (SSSR count). The second-order valence-corrected chi connectivity index (χ2v) is 3.11. The van der Waals surface area contributed by atoms with Crippen molar-refractivity contribution in [3.63, 3.8) is 0 Å². The van der Waals surface area contributed by atoms with Crippen LogP contribution in [0.25, 0.3) is 0 Å². The Labute approximate surface area is 79.9 Å². The number of rotatable bonds is 6. The highest BCUT2D eigenvalue weighted by Crippen LogP contribution is 2.02. The number of carbonyl (C=O) groups is 1. The van der Waals surface area contributed by atoms with E-state index < -0.39 is 0 Å². The van der Waals surface area contributed by atoms with Crippen molar-refractivity contribution in [1.29, 1.82) is 0 Å². The van der Waals surface area contributed by atoms with Gasteiger partial charge in [-0.3, -0.25) is 4.79 Å². The SMILES string of the molecule is C=C(CC(=C)NC(C)C(C)=O)NC. The molecule has 0 spiro atoms. The molecule has 13 heavy (non-hydrogen) atoms. The maximum Gasteiger partial charge on any atom is 0.151 e. The van der Waals surface area contributed by atoms with Gasteiger partial charge < -0.3 is 10.6 Å². The minimum atomic E-state index is -0.169. The van der Waals surface area contributed by atoms with Gasteiger partial charge in [0, 0.05) is 24.9 Å². The molecule has 74 valence electrons. The van der Waals surface area contributed by atoms with Crippen molar-refractivity contribution >= 4 is 5.78 Å². The molecule has 0 aromatic heterocycles. The molecule has 0 aliphatic heterocycles. The third-order valence-electron chi connectivity index (χ3n) is 1.81. The molecule has 0 aromatic rings. The lowest BCUT2D eigenvalue weighted by molar-refractivity contribution is -0.118. The highest BCUT2D eigenvalue weighted by Gasteiger charge is 2.07. The predicted molar refractivity (Wildman–Crippen MR) is 55.2 cm³/mol. The van der Waals surface area contributed by atoms with Gasteiger partial charge in [-0.25, -0.2) is 0 Å². The van der Waals surface area contributed by atoms with Crippen molar-refractivity contribution in [3.8, 4) is 0 Å². The molecule has 0 amide bonds. The number of nitrogens with one attached hydrogen (secondary N) is 2. The Bertz CT molecular complexity index is 221. The zero-order valence-electron chi connectivity index (χ0n) is 8.61. The zero-order valence-corrected chi connectivity index (χ0v) is 8.61. The van der Waals surface area contributed by atoms with Crippen LogP contribution < -0.4 is 10.6 Å². The Hall–Kier alpha value is -1.25. The highest BCUT2D eigenvalue weighted by molar-refractivity contribution is 5.81. The first kappa shape index (κ1) is 11.8. The van der Waals surface area contributed by atoms with E-state index in [9.17, 15) is 4.79 Å². The fourth-order valence-electron chi connectivity index (χ4n) is 0.805. The van der Waals surface area contributed by atoms with E-state index in [2.05, 4.69) is 23.8 Å². The normalized spacial score (nSPS) is 11.6. The third-order valence-corrected chi connectivity index (χ3v) is 1.81.